The maximum Gasteiger partial charge on any atom is 0.226 e. The first-order valence-electron chi connectivity index (χ1n) is 9.49. The molecule has 146 valence electrons. The first kappa shape index (κ1) is 19.3. The zero-order valence-electron chi connectivity index (χ0n) is 16.3. The van der Waals surface area contributed by atoms with Gasteiger partial charge in [0.25, 0.3) is 0 Å². The van der Waals surface area contributed by atoms with Crippen LogP contribution in [0, 0.1) is 5.92 Å². The number of benzene rings is 2. The highest BCUT2D eigenvalue weighted by molar-refractivity contribution is 7.98. The Kier molecular flexibility index (Phi) is 5.95. The van der Waals surface area contributed by atoms with E-state index >= 15 is 0 Å². The van der Waals surface area contributed by atoms with Crippen molar-refractivity contribution in [2.45, 2.75) is 31.2 Å². The number of hydrogen-bond donors (Lipinski definition) is 0. The highest BCUT2D eigenvalue weighted by atomic mass is 32.2. The van der Waals surface area contributed by atoms with Crippen molar-refractivity contribution >= 4 is 11.8 Å². The van der Waals surface area contributed by atoms with Crippen molar-refractivity contribution in [1.29, 1.82) is 0 Å². The standard InChI is InChI=1S/C22H21N5OS/c1-15(2)13-19-23-18(27-28-19)14-29-22-24-20(16-9-5-3-6-10-16)21(25-26-22)17-11-7-4-8-12-17/h3-12,15H,13-14H2,1-2H3. The molecule has 6 nitrogen and oxygen atoms in total. The summed E-state index contributed by atoms with van der Waals surface area (Å²) in [6.07, 6.45) is 0.777. The normalized spacial score (nSPS) is 11.1. The number of aromatic nitrogens is 5. The van der Waals surface area contributed by atoms with E-state index in [1.165, 1.54) is 11.8 Å². The fraction of sp³-hybridized carbons (Fsp3) is 0.227. The van der Waals surface area contributed by atoms with Gasteiger partial charge in [-0.2, -0.15) is 4.98 Å². The highest BCUT2D eigenvalue weighted by Gasteiger charge is 2.15. The molecule has 0 amide bonds. The topological polar surface area (TPSA) is 77.6 Å². The molecule has 0 spiro atoms. The Hall–Kier alpha value is -3.06. The Morgan fingerprint density at radius 2 is 1.48 bits per heavy atom. The lowest BCUT2D eigenvalue weighted by atomic mass is 10.0. The predicted molar refractivity (Wildman–Crippen MR) is 113 cm³/mol. The van der Waals surface area contributed by atoms with E-state index in [-0.39, 0.29) is 0 Å². The van der Waals surface area contributed by atoms with E-state index in [1.807, 2.05) is 60.7 Å². The van der Waals surface area contributed by atoms with E-state index in [0.717, 1.165) is 28.9 Å². The Bertz CT molecular complexity index is 1070. The molecule has 29 heavy (non-hydrogen) atoms. The van der Waals surface area contributed by atoms with E-state index in [2.05, 4.69) is 34.2 Å². The zero-order chi connectivity index (χ0) is 20.1. The van der Waals surface area contributed by atoms with Gasteiger partial charge >= 0.3 is 0 Å². The van der Waals surface area contributed by atoms with Crippen LogP contribution in [0.4, 0.5) is 0 Å². The average molecular weight is 404 g/mol. The first-order valence-corrected chi connectivity index (χ1v) is 10.5. The highest BCUT2D eigenvalue weighted by Crippen LogP contribution is 2.30. The van der Waals surface area contributed by atoms with Crippen LogP contribution in [0.5, 0.6) is 0 Å². The van der Waals surface area contributed by atoms with Gasteiger partial charge in [0.15, 0.2) is 5.82 Å². The van der Waals surface area contributed by atoms with Crippen molar-refractivity contribution in [2.75, 3.05) is 0 Å². The second-order valence-electron chi connectivity index (χ2n) is 7.01. The number of hydrogen-bond acceptors (Lipinski definition) is 7. The molecule has 0 saturated carbocycles. The van der Waals surface area contributed by atoms with Gasteiger partial charge < -0.3 is 4.52 Å². The largest absolute Gasteiger partial charge is 0.339 e. The second-order valence-corrected chi connectivity index (χ2v) is 7.96. The summed E-state index contributed by atoms with van der Waals surface area (Å²) in [4.78, 5) is 9.23. The van der Waals surface area contributed by atoms with Crippen LogP contribution >= 0.6 is 11.8 Å². The summed E-state index contributed by atoms with van der Waals surface area (Å²) in [5.41, 5.74) is 3.56. The minimum absolute atomic E-state index is 0.474. The van der Waals surface area contributed by atoms with Crippen molar-refractivity contribution in [2.24, 2.45) is 5.92 Å². The molecule has 0 aliphatic rings. The second kappa shape index (κ2) is 8.96. The molecule has 0 unspecified atom stereocenters. The van der Waals surface area contributed by atoms with Gasteiger partial charge in [0, 0.05) is 17.5 Å². The van der Waals surface area contributed by atoms with Crippen LogP contribution in [0.25, 0.3) is 22.5 Å². The molecular formula is C22H21N5OS. The molecule has 0 aliphatic carbocycles. The fourth-order valence-electron chi connectivity index (χ4n) is 2.87. The van der Waals surface area contributed by atoms with E-state index in [9.17, 15) is 0 Å². The number of thioether (sulfide) groups is 1. The molecule has 0 radical (unpaired) electrons. The summed E-state index contributed by atoms with van der Waals surface area (Å²) < 4.78 is 5.30. The summed E-state index contributed by atoms with van der Waals surface area (Å²) >= 11 is 1.45. The van der Waals surface area contributed by atoms with E-state index < -0.39 is 0 Å². The summed E-state index contributed by atoms with van der Waals surface area (Å²) in [6.45, 7) is 4.25. The van der Waals surface area contributed by atoms with Crippen LogP contribution in [0.1, 0.15) is 25.6 Å². The third-order valence-electron chi connectivity index (χ3n) is 4.19. The van der Waals surface area contributed by atoms with Gasteiger partial charge in [-0.25, -0.2) is 4.98 Å². The molecule has 7 heteroatoms. The molecular weight excluding hydrogens is 382 g/mol. The number of rotatable bonds is 7. The van der Waals surface area contributed by atoms with Gasteiger partial charge in [-0.05, 0) is 5.92 Å². The minimum Gasteiger partial charge on any atom is -0.339 e. The Balaban J connectivity index is 1.59. The van der Waals surface area contributed by atoms with Crippen LogP contribution in [0.15, 0.2) is 70.3 Å². The fourth-order valence-corrected chi connectivity index (χ4v) is 3.50. The van der Waals surface area contributed by atoms with Crippen LogP contribution < -0.4 is 0 Å². The monoisotopic (exact) mass is 403 g/mol. The minimum atomic E-state index is 0.474. The lowest BCUT2D eigenvalue weighted by Crippen LogP contribution is -1.99. The van der Waals surface area contributed by atoms with Gasteiger partial charge in [-0.3, -0.25) is 0 Å². The van der Waals surface area contributed by atoms with Crippen molar-refractivity contribution in [1.82, 2.24) is 25.3 Å². The lowest BCUT2D eigenvalue weighted by molar-refractivity contribution is 0.360. The molecule has 2 heterocycles. The van der Waals surface area contributed by atoms with Crippen molar-refractivity contribution in [3.63, 3.8) is 0 Å². The summed E-state index contributed by atoms with van der Waals surface area (Å²) in [5.74, 6) is 2.31. The molecule has 0 saturated heterocycles. The maximum absolute atomic E-state index is 5.30. The predicted octanol–water partition coefficient (Wildman–Crippen LogP) is 5.08. The quantitative estimate of drug-likeness (QED) is 0.398. The smallest absolute Gasteiger partial charge is 0.226 e. The molecule has 2 aromatic heterocycles. The molecule has 4 aromatic rings. The molecule has 0 aliphatic heterocycles. The van der Waals surface area contributed by atoms with Gasteiger partial charge in [0.05, 0.1) is 5.75 Å². The summed E-state index contributed by atoms with van der Waals surface area (Å²) in [5, 5.41) is 13.4. The molecule has 2 aromatic carbocycles. The van der Waals surface area contributed by atoms with E-state index in [4.69, 9.17) is 9.51 Å². The Morgan fingerprint density at radius 1 is 0.828 bits per heavy atom. The van der Waals surface area contributed by atoms with Gasteiger partial charge in [-0.15, -0.1) is 10.2 Å². The third-order valence-corrected chi connectivity index (χ3v) is 5.02. The molecule has 4 rings (SSSR count). The lowest BCUT2D eigenvalue weighted by Gasteiger charge is -2.09. The van der Waals surface area contributed by atoms with Crippen molar-refractivity contribution in [3.05, 3.63) is 72.4 Å². The van der Waals surface area contributed by atoms with Crippen LogP contribution in [0.3, 0.4) is 0 Å². The zero-order valence-corrected chi connectivity index (χ0v) is 17.1. The Morgan fingerprint density at radius 3 is 2.14 bits per heavy atom. The maximum atomic E-state index is 5.30. The van der Waals surface area contributed by atoms with Crippen LogP contribution in [-0.4, -0.2) is 25.3 Å². The molecule has 0 fully saturated rings. The van der Waals surface area contributed by atoms with Gasteiger partial charge in [-0.1, -0.05) is 91.4 Å². The van der Waals surface area contributed by atoms with E-state index in [0.29, 0.717) is 28.5 Å². The van der Waals surface area contributed by atoms with Crippen molar-refractivity contribution < 1.29 is 4.52 Å². The summed E-state index contributed by atoms with van der Waals surface area (Å²) in [7, 11) is 0. The van der Waals surface area contributed by atoms with E-state index in [1.54, 1.807) is 0 Å². The van der Waals surface area contributed by atoms with Crippen molar-refractivity contribution in [3.8, 4) is 22.5 Å². The average Bonchev–Trinajstić information content (AvgIpc) is 3.20. The van der Waals surface area contributed by atoms with Gasteiger partial charge in [0.1, 0.15) is 11.4 Å². The molecule has 0 atom stereocenters. The third kappa shape index (κ3) is 4.86. The number of nitrogens with zero attached hydrogens (tertiary/aromatic N) is 5. The summed E-state index contributed by atoms with van der Waals surface area (Å²) in [6, 6.07) is 20.0. The first-order chi connectivity index (χ1) is 14.2. The molecule has 0 N–H and O–H groups in total. The SMILES string of the molecule is CC(C)Cc1nc(CSc2nnc(-c3ccccc3)c(-c3ccccc3)n2)no1. The van der Waals surface area contributed by atoms with Gasteiger partial charge in [0.2, 0.25) is 11.0 Å². The van der Waals surface area contributed by atoms with Crippen LogP contribution in [-0.2, 0) is 12.2 Å². The van der Waals surface area contributed by atoms with Crippen LogP contribution in [0.2, 0.25) is 0 Å². The Labute approximate surface area is 173 Å². The molecule has 0 bridgehead atoms.